The number of carbonyl (C=O) groups is 2. The molecule has 7 heteroatoms. The van der Waals surface area contributed by atoms with E-state index in [1.807, 2.05) is 27.7 Å². The van der Waals surface area contributed by atoms with Gasteiger partial charge in [0.15, 0.2) is 4.80 Å². The summed E-state index contributed by atoms with van der Waals surface area (Å²) in [6.45, 7) is 9.29. The largest absolute Gasteiger partial charge is 0.352 e. The van der Waals surface area contributed by atoms with Crippen LogP contribution in [0.1, 0.15) is 47.7 Å². The van der Waals surface area contributed by atoms with Crippen molar-refractivity contribution in [2.75, 3.05) is 0 Å². The molecule has 0 bridgehead atoms. The number of hydrogen-bond acceptors (Lipinski definition) is 3. The van der Waals surface area contributed by atoms with Crippen molar-refractivity contribution in [3.8, 4) is 0 Å². The van der Waals surface area contributed by atoms with Gasteiger partial charge >= 0.3 is 0 Å². The van der Waals surface area contributed by atoms with Gasteiger partial charge in [0.1, 0.15) is 11.9 Å². The first-order valence-corrected chi connectivity index (χ1v) is 8.86. The molecule has 2 amide bonds. The first-order valence-electron chi connectivity index (χ1n) is 8.04. The second kappa shape index (κ2) is 7.74. The van der Waals surface area contributed by atoms with Gasteiger partial charge in [0.2, 0.25) is 5.91 Å². The zero-order valence-electron chi connectivity index (χ0n) is 15.0. The molecular weight excluding hydrogens is 341 g/mol. The lowest BCUT2D eigenvalue weighted by molar-refractivity contribution is -0.124. The van der Waals surface area contributed by atoms with Crippen molar-refractivity contribution in [2.45, 2.75) is 46.7 Å². The molecule has 1 atom stereocenters. The molecule has 0 fully saturated rings. The van der Waals surface area contributed by atoms with Gasteiger partial charge < -0.3 is 9.88 Å². The topological polar surface area (TPSA) is 63.5 Å². The number of aryl methyl sites for hydroxylation is 1. The highest BCUT2D eigenvalue weighted by Gasteiger charge is 2.21. The highest BCUT2D eigenvalue weighted by atomic mass is 32.1. The molecular formula is C18H22FN3O2S. The normalized spacial score (nSPS) is 13.2. The Labute approximate surface area is 150 Å². The van der Waals surface area contributed by atoms with Crippen molar-refractivity contribution < 1.29 is 14.0 Å². The minimum Gasteiger partial charge on any atom is -0.352 e. The standard InChI is InChI=1S/C18H22FN3O2S/c1-10(2)20-16(23)12(4)22-11(3)13(5)25-18(22)21-17(24)14-8-6-7-9-15(14)19/h6-10,12H,1-5H3,(H,20,23). The van der Waals surface area contributed by atoms with Crippen molar-refractivity contribution in [1.82, 2.24) is 9.88 Å². The molecule has 1 aromatic carbocycles. The molecule has 0 aliphatic rings. The van der Waals surface area contributed by atoms with Crippen LogP contribution in [0.25, 0.3) is 0 Å². The summed E-state index contributed by atoms with van der Waals surface area (Å²) in [4.78, 5) is 30.1. The number of amides is 2. The zero-order chi connectivity index (χ0) is 18.7. The Balaban J connectivity index is 2.49. The van der Waals surface area contributed by atoms with E-state index in [1.54, 1.807) is 17.6 Å². The van der Waals surface area contributed by atoms with E-state index < -0.39 is 17.8 Å². The van der Waals surface area contributed by atoms with Gasteiger partial charge in [0, 0.05) is 16.6 Å². The maximum Gasteiger partial charge on any atom is 0.282 e. The van der Waals surface area contributed by atoms with E-state index in [1.165, 1.54) is 29.5 Å². The maximum absolute atomic E-state index is 13.8. The zero-order valence-corrected chi connectivity index (χ0v) is 15.8. The Bertz CT molecular complexity index is 867. The van der Waals surface area contributed by atoms with E-state index in [0.717, 1.165) is 10.6 Å². The molecule has 5 nitrogen and oxygen atoms in total. The molecule has 0 saturated heterocycles. The second-order valence-corrected chi connectivity index (χ2v) is 7.31. The molecule has 2 aromatic rings. The van der Waals surface area contributed by atoms with E-state index in [9.17, 15) is 14.0 Å². The third kappa shape index (κ3) is 4.22. The molecule has 0 aliphatic carbocycles. The van der Waals surface area contributed by atoms with Crippen LogP contribution in [0.2, 0.25) is 0 Å². The van der Waals surface area contributed by atoms with Crippen molar-refractivity contribution in [3.05, 3.63) is 51.0 Å². The third-order valence-electron chi connectivity index (χ3n) is 3.82. The van der Waals surface area contributed by atoms with Crippen LogP contribution in [0, 0.1) is 19.7 Å². The van der Waals surface area contributed by atoms with Gasteiger partial charge in [0.05, 0.1) is 5.56 Å². The van der Waals surface area contributed by atoms with Crippen LogP contribution >= 0.6 is 11.3 Å². The highest BCUT2D eigenvalue weighted by molar-refractivity contribution is 7.09. The predicted octanol–water partition coefficient (Wildman–Crippen LogP) is 3.13. The van der Waals surface area contributed by atoms with Gasteiger partial charge in [-0.25, -0.2) is 4.39 Å². The summed E-state index contributed by atoms with van der Waals surface area (Å²) in [7, 11) is 0. The van der Waals surface area contributed by atoms with Crippen LogP contribution in [-0.4, -0.2) is 22.4 Å². The lowest BCUT2D eigenvalue weighted by Gasteiger charge is -2.17. The molecule has 25 heavy (non-hydrogen) atoms. The average molecular weight is 363 g/mol. The molecule has 0 spiro atoms. The average Bonchev–Trinajstić information content (AvgIpc) is 2.80. The lowest BCUT2D eigenvalue weighted by Crippen LogP contribution is -2.38. The number of aromatic nitrogens is 1. The molecule has 1 heterocycles. The van der Waals surface area contributed by atoms with Crippen molar-refractivity contribution in [3.63, 3.8) is 0 Å². The van der Waals surface area contributed by atoms with Crippen molar-refractivity contribution in [2.24, 2.45) is 4.99 Å². The number of carbonyl (C=O) groups excluding carboxylic acids is 2. The molecule has 2 rings (SSSR count). The smallest absolute Gasteiger partial charge is 0.282 e. The molecule has 0 aliphatic heterocycles. The Morgan fingerprint density at radius 3 is 2.44 bits per heavy atom. The molecule has 1 aromatic heterocycles. The Morgan fingerprint density at radius 2 is 1.84 bits per heavy atom. The number of rotatable bonds is 4. The molecule has 134 valence electrons. The Kier molecular flexibility index (Phi) is 5.89. The number of nitrogens with one attached hydrogen (secondary N) is 1. The van der Waals surface area contributed by atoms with Gasteiger partial charge in [-0.3, -0.25) is 9.59 Å². The number of nitrogens with zero attached hydrogens (tertiary/aromatic N) is 2. The summed E-state index contributed by atoms with van der Waals surface area (Å²) in [6.07, 6.45) is 0. The Hall–Kier alpha value is -2.28. The summed E-state index contributed by atoms with van der Waals surface area (Å²) in [5.74, 6) is -1.43. The Morgan fingerprint density at radius 1 is 1.20 bits per heavy atom. The fraction of sp³-hybridized carbons (Fsp3) is 0.389. The minimum atomic E-state index is -0.662. The number of thiazole rings is 1. The van der Waals surface area contributed by atoms with Crippen LogP contribution in [0.4, 0.5) is 4.39 Å². The van der Waals surface area contributed by atoms with E-state index >= 15 is 0 Å². The quantitative estimate of drug-likeness (QED) is 0.907. The van der Waals surface area contributed by atoms with Crippen LogP contribution in [0.15, 0.2) is 29.3 Å². The summed E-state index contributed by atoms with van der Waals surface area (Å²) in [6, 6.07) is 5.21. The number of benzene rings is 1. The van der Waals surface area contributed by atoms with Crippen molar-refractivity contribution >= 4 is 23.2 Å². The fourth-order valence-corrected chi connectivity index (χ4v) is 3.45. The SMILES string of the molecule is Cc1sc(=NC(=O)c2ccccc2F)n(C(C)C(=O)NC(C)C)c1C. The van der Waals surface area contributed by atoms with Gasteiger partial charge in [-0.2, -0.15) is 4.99 Å². The summed E-state index contributed by atoms with van der Waals surface area (Å²) < 4.78 is 15.5. The van der Waals surface area contributed by atoms with E-state index in [2.05, 4.69) is 10.3 Å². The maximum atomic E-state index is 13.8. The van der Waals surface area contributed by atoms with Crippen LogP contribution in [0.5, 0.6) is 0 Å². The third-order valence-corrected chi connectivity index (χ3v) is 4.89. The first-order chi connectivity index (χ1) is 11.7. The number of halogens is 1. The van der Waals surface area contributed by atoms with Gasteiger partial charge in [-0.15, -0.1) is 11.3 Å². The fourth-order valence-electron chi connectivity index (χ4n) is 2.41. The molecule has 0 saturated carbocycles. The van der Waals surface area contributed by atoms with E-state index in [-0.39, 0.29) is 17.5 Å². The van der Waals surface area contributed by atoms with Gasteiger partial charge in [-0.05, 0) is 46.8 Å². The van der Waals surface area contributed by atoms with E-state index in [4.69, 9.17) is 0 Å². The van der Waals surface area contributed by atoms with Gasteiger partial charge in [-0.1, -0.05) is 12.1 Å². The number of hydrogen-bond donors (Lipinski definition) is 1. The first kappa shape index (κ1) is 19.1. The summed E-state index contributed by atoms with van der Waals surface area (Å²) >= 11 is 1.31. The summed E-state index contributed by atoms with van der Waals surface area (Å²) in [5, 5.41) is 2.86. The minimum absolute atomic E-state index is 0.0102. The van der Waals surface area contributed by atoms with E-state index in [0.29, 0.717) is 4.80 Å². The van der Waals surface area contributed by atoms with Gasteiger partial charge in [0.25, 0.3) is 5.91 Å². The molecule has 1 N–H and O–H groups in total. The highest BCUT2D eigenvalue weighted by Crippen LogP contribution is 2.16. The summed E-state index contributed by atoms with van der Waals surface area (Å²) in [5.41, 5.74) is 0.772. The van der Waals surface area contributed by atoms with Crippen molar-refractivity contribution in [1.29, 1.82) is 0 Å². The van der Waals surface area contributed by atoms with Crippen LogP contribution in [-0.2, 0) is 4.79 Å². The lowest BCUT2D eigenvalue weighted by atomic mass is 10.2. The molecule has 0 radical (unpaired) electrons. The molecule has 1 unspecified atom stereocenters. The monoisotopic (exact) mass is 363 g/mol. The predicted molar refractivity (Wildman–Crippen MR) is 96.1 cm³/mol. The van der Waals surface area contributed by atoms with Crippen LogP contribution < -0.4 is 10.1 Å². The second-order valence-electron chi connectivity index (χ2n) is 6.13. The van der Waals surface area contributed by atoms with Crippen LogP contribution in [0.3, 0.4) is 0 Å².